The van der Waals surface area contributed by atoms with Gasteiger partial charge >= 0.3 is 0 Å². The van der Waals surface area contributed by atoms with Crippen LogP contribution < -0.4 is 16.4 Å². The number of primary amides is 1. The second-order valence-corrected chi connectivity index (χ2v) is 11.0. The Labute approximate surface area is 208 Å². The van der Waals surface area contributed by atoms with E-state index in [0.29, 0.717) is 0 Å². The number of anilines is 2. The predicted molar refractivity (Wildman–Crippen MR) is 144 cm³/mol. The van der Waals surface area contributed by atoms with E-state index in [1.165, 1.54) is 49.3 Å². The summed E-state index contributed by atoms with van der Waals surface area (Å²) in [5, 5.41) is 10.3. The highest BCUT2D eigenvalue weighted by atomic mass is 16.1. The van der Waals surface area contributed by atoms with Crippen LogP contribution in [0.1, 0.15) is 69.8 Å². The molecule has 2 fully saturated rings. The molecule has 0 aromatic heterocycles. The van der Waals surface area contributed by atoms with Crippen LogP contribution in [0.15, 0.2) is 66.7 Å². The second-order valence-electron chi connectivity index (χ2n) is 11.0. The van der Waals surface area contributed by atoms with Crippen LogP contribution in [-0.2, 0) is 10.5 Å². The molecule has 0 radical (unpaired) electrons. The van der Waals surface area contributed by atoms with E-state index in [1.807, 2.05) is 0 Å². The number of hydrogen-bond donors (Lipinski definition) is 3. The summed E-state index contributed by atoms with van der Waals surface area (Å²) in [5.74, 6) is 0.354. The second kappa shape index (κ2) is 8.89. The summed E-state index contributed by atoms with van der Waals surface area (Å²) in [5.41, 5.74) is 8.38. The maximum Gasteiger partial charge on any atom is 0.228 e. The van der Waals surface area contributed by atoms with Crippen LogP contribution >= 0.6 is 0 Å². The van der Waals surface area contributed by atoms with Gasteiger partial charge in [0.2, 0.25) is 5.91 Å². The molecular weight excluding hydrogens is 430 g/mol. The van der Waals surface area contributed by atoms with Crippen molar-refractivity contribution in [3.8, 4) is 0 Å². The highest BCUT2D eigenvalue weighted by Gasteiger charge is 2.66. The maximum absolute atomic E-state index is 14.1. The number of rotatable bonds is 5. The SMILES string of the molecule is NC(=O)C(C1CCCCC1)(C1CCCCC1)C1(c2ccc3ccccc3c2)Nc2ccccc2N1. The van der Waals surface area contributed by atoms with Crippen LogP contribution in [0.5, 0.6) is 0 Å². The minimum absolute atomic E-state index is 0.141. The molecule has 0 spiro atoms. The largest absolute Gasteiger partial charge is 0.369 e. The summed E-state index contributed by atoms with van der Waals surface area (Å²) >= 11 is 0. The molecule has 0 atom stereocenters. The molecule has 1 aliphatic heterocycles. The summed E-state index contributed by atoms with van der Waals surface area (Å²) in [7, 11) is 0. The Morgan fingerprint density at radius 1 is 0.714 bits per heavy atom. The molecule has 2 aliphatic carbocycles. The van der Waals surface area contributed by atoms with Crippen molar-refractivity contribution in [2.75, 3.05) is 10.6 Å². The van der Waals surface area contributed by atoms with Gasteiger partial charge in [-0.15, -0.1) is 0 Å². The van der Waals surface area contributed by atoms with Gasteiger partial charge in [0.1, 0.15) is 11.1 Å². The van der Waals surface area contributed by atoms with Gasteiger partial charge in [0, 0.05) is 0 Å². The first-order chi connectivity index (χ1) is 17.1. The molecule has 1 amide bonds. The molecule has 4 N–H and O–H groups in total. The average molecular weight is 468 g/mol. The Hall–Kier alpha value is -3.01. The summed E-state index contributed by atoms with van der Waals surface area (Å²) in [6, 6.07) is 23.6. The predicted octanol–water partition coefficient (Wildman–Crippen LogP) is 7.16. The van der Waals surface area contributed by atoms with Crippen LogP contribution in [0.4, 0.5) is 11.4 Å². The third-order valence-corrected chi connectivity index (χ3v) is 9.28. The molecule has 4 heteroatoms. The zero-order chi connectivity index (χ0) is 23.9. The standard InChI is InChI=1S/C31H37N3O/c32-29(35)30(24-13-3-1-4-14-24,25-15-5-2-6-16-25)31(33-27-17-9-10-18-28(27)34-31)26-20-19-22-11-7-8-12-23(22)21-26/h7-12,17-21,24-25,33-34H,1-6,13-16H2,(H2,32,35). The third-order valence-electron chi connectivity index (χ3n) is 9.28. The topological polar surface area (TPSA) is 67.2 Å². The zero-order valence-corrected chi connectivity index (χ0v) is 20.6. The first-order valence-corrected chi connectivity index (χ1v) is 13.6. The lowest BCUT2D eigenvalue weighted by Crippen LogP contribution is -2.67. The first-order valence-electron chi connectivity index (χ1n) is 13.6. The lowest BCUT2D eigenvalue weighted by atomic mass is 9.51. The number of para-hydroxylation sites is 2. The van der Waals surface area contributed by atoms with Crippen molar-refractivity contribution >= 4 is 28.1 Å². The van der Waals surface area contributed by atoms with E-state index in [2.05, 4.69) is 77.4 Å². The van der Waals surface area contributed by atoms with E-state index in [4.69, 9.17) is 5.73 Å². The number of nitrogens with two attached hydrogens (primary N) is 1. The molecular formula is C31H37N3O. The molecule has 0 bridgehead atoms. The summed E-state index contributed by atoms with van der Waals surface area (Å²) < 4.78 is 0. The van der Waals surface area contributed by atoms with Crippen molar-refractivity contribution in [1.82, 2.24) is 0 Å². The number of amides is 1. The lowest BCUT2D eigenvalue weighted by Gasteiger charge is -2.57. The Morgan fingerprint density at radius 3 is 1.77 bits per heavy atom. The molecule has 0 unspecified atom stereocenters. The Morgan fingerprint density at radius 2 is 1.23 bits per heavy atom. The van der Waals surface area contributed by atoms with Gasteiger partial charge in [-0.05, 0) is 72.1 Å². The Balaban J connectivity index is 1.63. The van der Waals surface area contributed by atoms with E-state index in [1.54, 1.807) is 0 Å². The fraction of sp³-hybridized carbons (Fsp3) is 0.452. The van der Waals surface area contributed by atoms with Crippen LogP contribution in [0.3, 0.4) is 0 Å². The minimum Gasteiger partial charge on any atom is -0.369 e. The number of carbonyl (C=O) groups is 1. The van der Waals surface area contributed by atoms with Crippen molar-refractivity contribution in [3.63, 3.8) is 0 Å². The number of carbonyl (C=O) groups excluding carboxylic acids is 1. The Kier molecular flexibility index (Phi) is 5.70. The summed E-state index contributed by atoms with van der Waals surface area (Å²) in [6.07, 6.45) is 11.5. The quantitative estimate of drug-likeness (QED) is 0.373. The third kappa shape index (κ3) is 3.44. The molecule has 35 heavy (non-hydrogen) atoms. The van der Waals surface area contributed by atoms with Gasteiger partial charge in [0.25, 0.3) is 0 Å². The van der Waals surface area contributed by atoms with Crippen molar-refractivity contribution in [1.29, 1.82) is 0 Å². The maximum atomic E-state index is 14.1. The van der Waals surface area contributed by atoms with Crippen molar-refractivity contribution in [3.05, 3.63) is 72.3 Å². The van der Waals surface area contributed by atoms with Crippen LogP contribution in [0, 0.1) is 17.3 Å². The van der Waals surface area contributed by atoms with E-state index in [0.717, 1.165) is 42.6 Å². The van der Waals surface area contributed by atoms with Gasteiger partial charge in [-0.2, -0.15) is 0 Å². The smallest absolute Gasteiger partial charge is 0.228 e. The normalized spacial score (nSPS) is 20.7. The molecule has 2 saturated carbocycles. The lowest BCUT2D eigenvalue weighted by molar-refractivity contribution is -0.144. The van der Waals surface area contributed by atoms with Gasteiger partial charge in [-0.1, -0.05) is 87.1 Å². The van der Waals surface area contributed by atoms with Gasteiger partial charge in [0.05, 0.1) is 11.4 Å². The Bertz CT molecular complexity index is 1180. The summed E-state index contributed by atoms with van der Waals surface area (Å²) in [6.45, 7) is 0. The van der Waals surface area contributed by atoms with Crippen LogP contribution in [0.2, 0.25) is 0 Å². The van der Waals surface area contributed by atoms with Crippen LogP contribution in [0.25, 0.3) is 10.8 Å². The van der Waals surface area contributed by atoms with Gasteiger partial charge in [-0.3, -0.25) is 4.79 Å². The highest BCUT2D eigenvalue weighted by Crippen LogP contribution is 2.61. The van der Waals surface area contributed by atoms with Crippen LogP contribution in [-0.4, -0.2) is 5.91 Å². The molecule has 3 aliphatic rings. The van der Waals surface area contributed by atoms with Gasteiger partial charge in [0.15, 0.2) is 0 Å². The molecule has 1 heterocycles. The van der Waals surface area contributed by atoms with Crippen molar-refractivity contribution < 1.29 is 4.79 Å². The molecule has 182 valence electrons. The number of hydrogen-bond acceptors (Lipinski definition) is 3. The molecule has 4 nitrogen and oxygen atoms in total. The molecule has 3 aromatic rings. The van der Waals surface area contributed by atoms with Gasteiger partial charge in [-0.25, -0.2) is 0 Å². The summed E-state index contributed by atoms with van der Waals surface area (Å²) in [4.78, 5) is 14.1. The highest BCUT2D eigenvalue weighted by molar-refractivity contribution is 5.91. The molecule has 3 aromatic carbocycles. The van der Waals surface area contributed by atoms with Crippen molar-refractivity contribution in [2.24, 2.45) is 23.0 Å². The number of fused-ring (bicyclic) bond motifs is 2. The first kappa shape index (κ1) is 22.5. The van der Waals surface area contributed by atoms with Gasteiger partial charge < -0.3 is 16.4 Å². The molecule has 6 rings (SSSR count). The minimum atomic E-state index is -0.781. The average Bonchev–Trinajstić information content (AvgIpc) is 3.31. The zero-order valence-electron chi connectivity index (χ0n) is 20.6. The van der Waals surface area contributed by atoms with E-state index in [9.17, 15) is 4.79 Å². The van der Waals surface area contributed by atoms with E-state index < -0.39 is 11.1 Å². The van der Waals surface area contributed by atoms with E-state index >= 15 is 0 Å². The fourth-order valence-corrected chi connectivity index (χ4v) is 7.80. The fourth-order valence-electron chi connectivity index (χ4n) is 7.80. The van der Waals surface area contributed by atoms with E-state index in [-0.39, 0.29) is 17.7 Å². The number of benzene rings is 3. The number of nitrogens with one attached hydrogen (secondary N) is 2. The monoisotopic (exact) mass is 467 g/mol. The molecule has 0 saturated heterocycles. The van der Waals surface area contributed by atoms with Crippen molar-refractivity contribution in [2.45, 2.75) is 69.9 Å².